The molecule has 7 nitrogen and oxygen atoms in total. The second-order valence-corrected chi connectivity index (χ2v) is 8.32. The molecule has 4 rings (SSSR count). The van der Waals surface area contributed by atoms with Crippen LogP contribution in [0.2, 0.25) is 0 Å². The number of carbonyl (C=O) groups excluding carboxylic acids is 3. The Labute approximate surface area is 156 Å². The van der Waals surface area contributed by atoms with Crippen LogP contribution in [0.25, 0.3) is 0 Å². The molecule has 3 fully saturated rings. The highest BCUT2D eigenvalue weighted by Gasteiger charge is 2.43. The van der Waals surface area contributed by atoms with Gasteiger partial charge < -0.3 is 16.0 Å². The Morgan fingerprint density at radius 1 is 1.27 bits per heavy atom. The first-order valence-corrected chi connectivity index (χ1v) is 10.2. The Morgan fingerprint density at radius 3 is 2.85 bits per heavy atom. The van der Waals surface area contributed by atoms with E-state index in [0.717, 1.165) is 19.3 Å². The van der Waals surface area contributed by atoms with E-state index in [0.29, 0.717) is 36.9 Å². The third-order valence-electron chi connectivity index (χ3n) is 5.35. The van der Waals surface area contributed by atoms with Crippen molar-refractivity contribution in [1.29, 1.82) is 0 Å². The van der Waals surface area contributed by atoms with Crippen LogP contribution in [0.15, 0.2) is 17.5 Å². The van der Waals surface area contributed by atoms with Crippen molar-refractivity contribution in [3.05, 3.63) is 22.4 Å². The zero-order valence-electron chi connectivity index (χ0n) is 14.6. The Kier molecular flexibility index (Phi) is 4.95. The number of nitrogens with one attached hydrogen (secondary N) is 3. The summed E-state index contributed by atoms with van der Waals surface area (Å²) < 4.78 is 0. The quantitative estimate of drug-likeness (QED) is 0.674. The predicted molar refractivity (Wildman–Crippen MR) is 97.9 cm³/mol. The SMILES string of the molecule is O=C(CCC1CNC(=O)C2CC(NC(=O)c3cccs3)CN12)NC1CC1. The summed E-state index contributed by atoms with van der Waals surface area (Å²) in [6, 6.07) is 3.93. The lowest BCUT2D eigenvalue weighted by Gasteiger charge is -2.37. The molecule has 2 saturated heterocycles. The van der Waals surface area contributed by atoms with E-state index in [1.54, 1.807) is 6.07 Å². The number of carbonyl (C=O) groups is 3. The topological polar surface area (TPSA) is 90.5 Å². The summed E-state index contributed by atoms with van der Waals surface area (Å²) in [4.78, 5) is 39.3. The van der Waals surface area contributed by atoms with E-state index in [1.807, 2.05) is 11.4 Å². The Morgan fingerprint density at radius 2 is 2.12 bits per heavy atom. The Balaban J connectivity index is 1.33. The van der Waals surface area contributed by atoms with Crippen molar-refractivity contribution in [3.8, 4) is 0 Å². The molecule has 1 aromatic rings. The lowest BCUT2D eigenvalue weighted by atomic mass is 10.0. The van der Waals surface area contributed by atoms with Gasteiger partial charge in [0.2, 0.25) is 11.8 Å². The van der Waals surface area contributed by atoms with E-state index >= 15 is 0 Å². The van der Waals surface area contributed by atoms with Crippen LogP contribution >= 0.6 is 11.3 Å². The van der Waals surface area contributed by atoms with Crippen LogP contribution in [0.1, 0.15) is 41.8 Å². The molecule has 8 heteroatoms. The first-order chi connectivity index (χ1) is 12.6. The summed E-state index contributed by atoms with van der Waals surface area (Å²) in [5, 5.41) is 10.9. The van der Waals surface area contributed by atoms with E-state index in [1.165, 1.54) is 11.3 Å². The van der Waals surface area contributed by atoms with Crippen LogP contribution < -0.4 is 16.0 Å². The van der Waals surface area contributed by atoms with Gasteiger partial charge in [0.25, 0.3) is 5.91 Å². The monoisotopic (exact) mass is 376 g/mol. The smallest absolute Gasteiger partial charge is 0.261 e. The molecule has 3 aliphatic rings. The first kappa shape index (κ1) is 17.5. The molecule has 1 aliphatic carbocycles. The van der Waals surface area contributed by atoms with Crippen molar-refractivity contribution in [2.45, 2.75) is 56.3 Å². The summed E-state index contributed by atoms with van der Waals surface area (Å²) >= 11 is 1.41. The standard InChI is InChI=1S/C18H24N4O3S/c23-16(20-11-3-4-11)6-5-13-9-19-17(24)14-8-12(10-22(13)14)21-18(25)15-2-1-7-26-15/h1-2,7,11-14H,3-6,8-10H2,(H,19,24)(H,20,23)(H,21,25). The van der Waals surface area contributed by atoms with Crippen molar-refractivity contribution in [3.63, 3.8) is 0 Å². The Hall–Kier alpha value is -1.93. The fourth-order valence-electron chi connectivity index (χ4n) is 3.84. The third kappa shape index (κ3) is 3.91. The van der Waals surface area contributed by atoms with Gasteiger partial charge in [-0.3, -0.25) is 19.3 Å². The summed E-state index contributed by atoms with van der Waals surface area (Å²) in [7, 11) is 0. The van der Waals surface area contributed by atoms with E-state index < -0.39 is 0 Å². The van der Waals surface area contributed by atoms with Crippen LogP contribution in [0, 0.1) is 0 Å². The van der Waals surface area contributed by atoms with Crippen LogP contribution in [0.5, 0.6) is 0 Å². The molecule has 3 atom stereocenters. The van der Waals surface area contributed by atoms with E-state index in [2.05, 4.69) is 20.9 Å². The van der Waals surface area contributed by atoms with Crippen molar-refractivity contribution < 1.29 is 14.4 Å². The fraction of sp³-hybridized carbons (Fsp3) is 0.611. The number of piperazine rings is 1. The second kappa shape index (κ2) is 7.36. The van der Waals surface area contributed by atoms with Crippen molar-refractivity contribution >= 4 is 29.1 Å². The molecule has 140 valence electrons. The van der Waals surface area contributed by atoms with Gasteiger partial charge in [0.05, 0.1) is 10.9 Å². The average Bonchev–Trinajstić information content (AvgIpc) is 3.11. The summed E-state index contributed by atoms with van der Waals surface area (Å²) in [5.74, 6) is 0.0462. The number of thiophene rings is 1. The maximum absolute atomic E-state index is 12.3. The zero-order chi connectivity index (χ0) is 18.1. The van der Waals surface area contributed by atoms with E-state index in [-0.39, 0.29) is 35.8 Å². The van der Waals surface area contributed by atoms with Crippen LogP contribution in [-0.4, -0.2) is 59.9 Å². The maximum atomic E-state index is 12.3. The molecule has 3 amide bonds. The van der Waals surface area contributed by atoms with Crippen molar-refractivity contribution in [2.75, 3.05) is 13.1 Å². The molecule has 3 heterocycles. The van der Waals surface area contributed by atoms with Gasteiger partial charge in [0.15, 0.2) is 0 Å². The zero-order valence-corrected chi connectivity index (χ0v) is 15.4. The molecule has 0 spiro atoms. The first-order valence-electron chi connectivity index (χ1n) is 9.27. The molecule has 1 saturated carbocycles. The number of fused-ring (bicyclic) bond motifs is 1. The lowest BCUT2D eigenvalue weighted by molar-refractivity contribution is -0.129. The summed E-state index contributed by atoms with van der Waals surface area (Å²) in [6.07, 6.45) is 4.00. The molecule has 0 bridgehead atoms. The van der Waals surface area contributed by atoms with Crippen LogP contribution in [0.3, 0.4) is 0 Å². The van der Waals surface area contributed by atoms with Crippen molar-refractivity contribution in [1.82, 2.24) is 20.9 Å². The van der Waals surface area contributed by atoms with Gasteiger partial charge in [-0.25, -0.2) is 0 Å². The van der Waals surface area contributed by atoms with Crippen molar-refractivity contribution in [2.24, 2.45) is 0 Å². The Bertz CT molecular complexity index is 689. The molecule has 1 aromatic heterocycles. The highest BCUT2D eigenvalue weighted by Crippen LogP contribution is 2.26. The second-order valence-electron chi connectivity index (χ2n) is 7.38. The van der Waals surface area contributed by atoms with E-state index in [9.17, 15) is 14.4 Å². The molecule has 0 aromatic carbocycles. The highest BCUT2D eigenvalue weighted by molar-refractivity contribution is 7.12. The van der Waals surface area contributed by atoms with E-state index in [4.69, 9.17) is 0 Å². The molecule has 3 N–H and O–H groups in total. The minimum absolute atomic E-state index is 0.0246. The van der Waals surface area contributed by atoms with Gasteiger partial charge >= 0.3 is 0 Å². The normalized spacial score (nSPS) is 28.3. The lowest BCUT2D eigenvalue weighted by Crippen LogP contribution is -2.58. The summed E-state index contributed by atoms with van der Waals surface area (Å²) in [5.41, 5.74) is 0. The average molecular weight is 376 g/mol. The predicted octanol–water partition coefficient (Wildman–Crippen LogP) is 0.478. The van der Waals surface area contributed by atoms with Crippen LogP contribution in [-0.2, 0) is 9.59 Å². The largest absolute Gasteiger partial charge is 0.353 e. The van der Waals surface area contributed by atoms with Gasteiger partial charge in [-0.1, -0.05) is 6.07 Å². The van der Waals surface area contributed by atoms with Gasteiger partial charge in [0.1, 0.15) is 0 Å². The van der Waals surface area contributed by atoms with Crippen LogP contribution in [0.4, 0.5) is 0 Å². The minimum Gasteiger partial charge on any atom is -0.353 e. The van der Waals surface area contributed by atoms with Gasteiger partial charge in [0, 0.05) is 37.6 Å². The number of rotatable bonds is 6. The van der Waals surface area contributed by atoms with Gasteiger partial charge in [-0.2, -0.15) is 0 Å². The molecule has 3 unspecified atom stereocenters. The molecular weight excluding hydrogens is 352 g/mol. The van der Waals surface area contributed by atoms with Gasteiger partial charge in [-0.15, -0.1) is 11.3 Å². The third-order valence-corrected chi connectivity index (χ3v) is 6.22. The molecule has 2 aliphatic heterocycles. The number of hydrogen-bond donors (Lipinski definition) is 3. The number of hydrogen-bond acceptors (Lipinski definition) is 5. The molecule has 26 heavy (non-hydrogen) atoms. The fourth-order valence-corrected chi connectivity index (χ4v) is 4.46. The summed E-state index contributed by atoms with van der Waals surface area (Å²) in [6.45, 7) is 1.22. The van der Waals surface area contributed by atoms with Gasteiger partial charge in [-0.05, 0) is 37.1 Å². The highest BCUT2D eigenvalue weighted by atomic mass is 32.1. The maximum Gasteiger partial charge on any atom is 0.261 e. The number of amides is 3. The molecule has 0 radical (unpaired) electrons. The molecular formula is C18H24N4O3S. The minimum atomic E-state index is -0.214. The number of nitrogens with zero attached hydrogens (tertiary/aromatic N) is 1.